The maximum absolute atomic E-state index is 13.3. The molecule has 0 spiro atoms. The zero-order chi connectivity index (χ0) is 20.4. The van der Waals surface area contributed by atoms with Gasteiger partial charge in [0.05, 0.1) is 42.4 Å². The Morgan fingerprint density at radius 3 is 2.52 bits per heavy atom. The van der Waals surface area contributed by atoms with E-state index in [9.17, 15) is 9.59 Å². The molecule has 0 bridgehead atoms. The van der Waals surface area contributed by atoms with Gasteiger partial charge in [-0.05, 0) is 35.7 Å². The summed E-state index contributed by atoms with van der Waals surface area (Å²) in [5, 5.41) is 1.88. The number of benzene rings is 1. The van der Waals surface area contributed by atoms with Gasteiger partial charge in [0.2, 0.25) is 0 Å². The van der Waals surface area contributed by atoms with Gasteiger partial charge in [-0.15, -0.1) is 23.1 Å². The van der Waals surface area contributed by atoms with Crippen LogP contribution in [-0.4, -0.2) is 26.0 Å². The molecule has 29 heavy (non-hydrogen) atoms. The van der Waals surface area contributed by atoms with Gasteiger partial charge < -0.3 is 13.9 Å². The highest BCUT2D eigenvalue weighted by atomic mass is 32.2. The Balaban J connectivity index is 1.72. The van der Waals surface area contributed by atoms with Crippen LogP contribution >= 0.6 is 23.1 Å². The molecule has 148 valence electrons. The second-order valence-corrected chi connectivity index (χ2v) is 7.97. The van der Waals surface area contributed by atoms with Gasteiger partial charge in [0, 0.05) is 10.9 Å². The number of thioether (sulfide) groups is 1. The Bertz CT molecular complexity index is 1070. The number of amides is 2. The van der Waals surface area contributed by atoms with Crippen LogP contribution in [0, 0.1) is 0 Å². The zero-order valence-electron chi connectivity index (χ0n) is 15.7. The van der Waals surface area contributed by atoms with E-state index in [0.29, 0.717) is 33.4 Å². The topological polar surface area (TPSA) is 69.0 Å². The molecule has 0 saturated carbocycles. The molecule has 0 saturated heterocycles. The Kier molecular flexibility index (Phi) is 5.46. The number of carbonyl (C=O) groups excluding carboxylic acids is 2. The van der Waals surface area contributed by atoms with Crippen LogP contribution in [0.2, 0.25) is 0 Å². The molecule has 4 rings (SSSR count). The molecule has 1 aromatic carbocycles. The van der Waals surface area contributed by atoms with Crippen LogP contribution in [-0.2, 0) is 15.3 Å². The standard InChI is InChI=1S/C21H17NO5S2/c1-25-15-8-7-13(11-16(15)26-2)22-20(23)18(17-6-4-10-28-17)19(21(22)24)29-12-14-5-3-9-27-14/h3-11H,12H2,1-2H3. The van der Waals surface area contributed by atoms with Crippen LogP contribution in [0.5, 0.6) is 11.5 Å². The average molecular weight is 428 g/mol. The minimum absolute atomic E-state index is 0.355. The smallest absolute Gasteiger partial charge is 0.272 e. The second kappa shape index (κ2) is 8.18. The Labute approximate surface area is 175 Å². The van der Waals surface area contributed by atoms with Crippen LogP contribution in [0.3, 0.4) is 0 Å². The number of nitrogens with zero attached hydrogens (tertiary/aromatic N) is 1. The highest BCUT2D eigenvalue weighted by Crippen LogP contribution is 2.42. The third-order valence-electron chi connectivity index (χ3n) is 4.37. The van der Waals surface area contributed by atoms with Crippen LogP contribution in [0.25, 0.3) is 5.57 Å². The number of rotatable bonds is 7. The number of thiophene rings is 1. The third kappa shape index (κ3) is 3.56. The molecule has 3 heterocycles. The number of imide groups is 1. The maximum atomic E-state index is 13.3. The van der Waals surface area contributed by atoms with E-state index in [0.717, 1.165) is 10.6 Å². The summed E-state index contributed by atoms with van der Waals surface area (Å²) in [5.41, 5.74) is 0.844. The van der Waals surface area contributed by atoms with Gasteiger partial charge in [0.25, 0.3) is 11.8 Å². The first-order chi connectivity index (χ1) is 14.1. The number of anilines is 1. The monoisotopic (exact) mass is 427 g/mol. The second-order valence-electron chi connectivity index (χ2n) is 6.03. The average Bonchev–Trinajstić information content (AvgIpc) is 3.48. The number of methoxy groups -OCH3 is 2. The first-order valence-corrected chi connectivity index (χ1v) is 10.5. The third-order valence-corrected chi connectivity index (χ3v) is 6.36. The minimum atomic E-state index is -0.359. The lowest BCUT2D eigenvalue weighted by atomic mass is 10.2. The summed E-state index contributed by atoms with van der Waals surface area (Å²) in [4.78, 5) is 28.9. The highest BCUT2D eigenvalue weighted by molar-refractivity contribution is 8.03. The van der Waals surface area contributed by atoms with E-state index in [2.05, 4.69) is 0 Å². The summed E-state index contributed by atoms with van der Waals surface area (Å²) in [5.74, 6) is 1.44. The maximum Gasteiger partial charge on any atom is 0.272 e. The zero-order valence-corrected chi connectivity index (χ0v) is 17.3. The number of carbonyl (C=O) groups is 2. The highest BCUT2D eigenvalue weighted by Gasteiger charge is 2.41. The van der Waals surface area contributed by atoms with Crippen LogP contribution < -0.4 is 14.4 Å². The molecule has 8 heteroatoms. The molecule has 2 amide bonds. The fraction of sp³-hybridized carbons (Fsp3) is 0.143. The van der Waals surface area contributed by atoms with Gasteiger partial charge in [-0.1, -0.05) is 6.07 Å². The van der Waals surface area contributed by atoms with E-state index in [1.54, 1.807) is 30.5 Å². The summed E-state index contributed by atoms with van der Waals surface area (Å²) in [6, 6.07) is 12.3. The van der Waals surface area contributed by atoms with E-state index >= 15 is 0 Å². The van der Waals surface area contributed by atoms with E-state index < -0.39 is 0 Å². The first-order valence-electron chi connectivity index (χ1n) is 8.68. The summed E-state index contributed by atoms with van der Waals surface area (Å²) in [6.07, 6.45) is 1.59. The summed E-state index contributed by atoms with van der Waals surface area (Å²) in [7, 11) is 3.04. The molecule has 1 aliphatic rings. The molecular formula is C21H17NO5S2. The van der Waals surface area contributed by atoms with Crippen molar-refractivity contribution in [3.63, 3.8) is 0 Å². The van der Waals surface area contributed by atoms with Gasteiger partial charge >= 0.3 is 0 Å². The molecule has 0 unspecified atom stereocenters. The molecule has 0 radical (unpaired) electrons. The van der Waals surface area contributed by atoms with E-state index in [1.165, 1.54) is 42.2 Å². The van der Waals surface area contributed by atoms with Crippen molar-refractivity contribution in [3.05, 3.63) is 69.7 Å². The van der Waals surface area contributed by atoms with Gasteiger partial charge in [0.1, 0.15) is 5.76 Å². The fourth-order valence-corrected chi connectivity index (χ4v) is 4.86. The van der Waals surface area contributed by atoms with Crippen molar-refractivity contribution >= 4 is 46.2 Å². The number of furan rings is 1. The van der Waals surface area contributed by atoms with Crippen molar-refractivity contribution in [1.82, 2.24) is 0 Å². The first kappa shape index (κ1) is 19.4. The lowest BCUT2D eigenvalue weighted by Crippen LogP contribution is -2.31. The van der Waals surface area contributed by atoms with Crippen LogP contribution in [0.4, 0.5) is 5.69 Å². The largest absolute Gasteiger partial charge is 0.493 e. The molecule has 3 aromatic rings. The summed E-state index contributed by atoms with van der Waals surface area (Å²) >= 11 is 2.73. The predicted octanol–water partition coefficient (Wildman–Crippen LogP) is 4.58. The quantitative estimate of drug-likeness (QED) is 0.514. The number of hydrogen-bond donors (Lipinski definition) is 0. The van der Waals surface area contributed by atoms with E-state index in [1.807, 2.05) is 23.6 Å². The van der Waals surface area contributed by atoms with Crippen molar-refractivity contribution in [2.24, 2.45) is 0 Å². The predicted molar refractivity (Wildman–Crippen MR) is 113 cm³/mol. The van der Waals surface area contributed by atoms with E-state index in [4.69, 9.17) is 13.9 Å². The number of hydrogen-bond acceptors (Lipinski definition) is 7. The Morgan fingerprint density at radius 1 is 1.03 bits per heavy atom. The molecule has 2 aromatic heterocycles. The molecule has 1 aliphatic heterocycles. The number of ether oxygens (including phenoxy) is 2. The normalized spacial score (nSPS) is 14.1. The molecule has 0 aliphatic carbocycles. The Hall–Kier alpha value is -2.97. The van der Waals surface area contributed by atoms with Gasteiger partial charge in [-0.2, -0.15) is 0 Å². The molecular weight excluding hydrogens is 410 g/mol. The van der Waals surface area contributed by atoms with Gasteiger partial charge in [0.15, 0.2) is 11.5 Å². The lowest BCUT2D eigenvalue weighted by molar-refractivity contribution is -0.119. The van der Waals surface area contributed by atoms with Crippen LogP contribution in [0.1, 0.15) is 10.6 Å². The van der Waals surface area contributed by atoms with Crippen molar-refractivity contribution in [3.8, 4) is 11.5 Å². The summed E-state index contributed by atoms with van der Waals surface area (Å²) < 4.78 is 15.9. The van der Waals surface area contributed by atoms with Crippen molar-refractivity contribution in [2.45, 2.75) is 5.75 Å². The lowest BCUT2D eigenvalue weighted by Gasteiger charge is -2.17. The minimum Gasteiger partial charge on any atom is -0.493 e. The van der Waals surface area contributed by atoms with Crippen LogP contribution in [0.15, 0.2) is 63.4 Å². The fourth-order valence-electron chi connectivity index (χ4n) is 3.02. The molecule has 6 nitrogen and oxygen atoms in total. The van der Waals surface area contributed by atoms with E-state index in [-0.39, 0.29) is 11.8 Å². The van der Waals surface area contributed by atoms with Gasteiger partial charge in [-0.25, -0.2) is 4.90 Å². The Morgan fingerprint density at radius 2 is 1.86 bits per heavy atom. The SMILES string of the molecule is COc1ccc(N2C(=O)C(SCc3ccco3)=C(c3cccs3)C2=O)cc1OC. The van der Waals surface area contributed by atoms with Crippen molar-refractivity contribution in [1.29, 1.82) is 0 Å². The molecule has 0 fully saturated rings. The van der Waals surface area contributed by atoms with Crippen molar-refractivity contribution in [2.75, 3.05) is 19.1 Å². The van der Waals surface area contributed by atoms with Gasteiger partial charge in [-0.3, -0.25) is 9.59 Å². The molecule has 0 atom stereocenters. The summed E-state index contributed by atoms with van der Waals surface area (Å²) in [6.45, 7) is 0. The molecule has 0 N–H and O–H groups in total. The van der Waals surface area contributed by atoms with Crippen molar-refractivity contribution < 1.29 is 23.5 Å².